The van der Waals surface area contributed by atoms with Gasteiger partial charge >= 0.3 is 0 Å². The zero-order valence-electron chi connectivity index (χ0n) is 10.9. The van der Waals surface area contributed by atoms with Crippen molar-refractivity contribution in [3.05, 3.63) is 35.7 Å². The summed E-state index contributed by atoms with van der Waals surface area (Å²) in [7, 11) is 0. The highest BCUT2D eigenvalue weighted by atomic mass is 16.5. The number of benzene rings is 1. The van der Waals surface area contributed by atoms with Crippen LogP contribution in [0.2, 0.25) is 0 Å². The standard InChI is InChI=1S/C14H19N3O/c1-3-18-12-6-4-11(5-7-12)14-10(2)16-17-13(14)8-9-15/h4-7H,3,8-9,15H2,1-2H3,(H,16,17). The minimum absolute atomic E-state index is 0.605. The molecule has 1 aromatic carbocycles. The Balaban J connectivity index is 2.32. The van der Waals surface area contributed by atoms with Gasteiger partial charge < -0.3 is 10.5 Å². The Bertz CT molecular complexity index is 502. The maximum absolute atomic E-state index is 5.61. The molecule has 0 aliphatic rings. The van der Waals surface area contributed by atoms with Gasteiger partial charge in [0.05, 0.1) is 12.3 Å². The Morgan fingerprint density at radius 1 is 1.28 bits per heavy atom. The second-order valence-electron chi connectivity index (χ2n) is 4.17. The summed E-state index contributed by atoms with van der Waals surface area (Å²) in [4.78, 5) is 0. The van der Waals surface area contributed by atoms with E-state index in [1.54, 1.807) is 0 Å². The molecule has 1 aromatic heterocycles. The fraction of sp³-hybridized carbons (Fsp3) is 0.357. The zero-order valence-corrected chi connectivity index (χ0v) is 10.9. The van der Waals surface area contributed by atoms with Gasteiger partial charge in [0.25, 0.3) is 0 Å². The van der Waals surface area contributed by atoms with E-state index in [9.17, 15) is 0 Å². The molecule has 0 amide bonds. The summed E-state index contributed by atoms with van der Waals surface area (Å²) < 4.78 is 5.44. The molecule has 0 unspecified atom stereocenters. The number of nitrogens with two attached hydrogens (primary N) is 1. The Morgan fingerprint density at radius 2 is 2.00 bits per heavy atom. The first kappa shape index (κ1) is 12.6. The molecule has 0 bridgehead atoms. The molecule has 0 radical (unpaired) electrons. The van der Waals surface area contributed by atoms with Crippen LogP contribution < -0.4 is 10.5 Å². The van der Waals surface area contributed by atoms with Gasteiger partial charge in [-0.1, -0.05) is 12.1 Å². The van der Waals surface area contributed by atoms with E-state index in [-0.39, 0.29) is 0 Å². The second-order valence-corrected chi connectivity index (χ2v) is 4.17. The first-order valence-electron chi connectivity index (χ1n) is 6.23. The van der Waals surface area contributed by atoms with E-state index in [0.29, 0.717) is 13.2 Å². The smallest absolute Gasteiger partial charge is 0.119 e. The topological polar surface area (TPSA) is 63.9 Å². The first-order chi connectivity index (χ1) is 8.76. The van der Waals surface area contributed by atoms with E-state index in [0.717, 1.165) is 34.7 Å². The van der Waals surface area contributed by atoms with Crippen LogP contribution in [-0.2, 0) is 6.42 Å². The van der Waals surface area contributed by atoms with Crippen molar-refractivity contribution in [2.75, 3.05) is 13.2 Å². The van der Waals surface area contributed by atoms with Gasteiger partial charge in [0.15, 0.2) is 0 Å². The van der Waals surface area contributed by atoms with Crippen molar-refractivity contribution in [1.82, 2.24) is 10.2 Å². The predicted molar refractivity (Wildman–Crippen MR) is 72.7 cm³/mol. The molecular formula is C14H19N3O. The van der Waals surface area contributed by atoms with Crippen molar-refractivity contribution in [3.63, 3.8) is 0 Å². The van der Waals surface area contributed by atoms with Gasteiger partial charge in [-0.25, -0.2) is 0 Å². The van der Waals surface area contributed by atoms with Crippen molar-refractivity contribution in [1.29, 1.82) is 0 Å². The molecule has 0 fully saturated rings. The van der Waals surface area contributed by atoms with Crippen molar-refractivity contribution in [3.8, 4) is 16.9 Å². The molecule has 4 heteroatoms. The van der Waals surface area contributed by atoms with Gasteiger partial charge in [0.1, 0.15) is 5.75 Å². The average Bonchev–Trinajstić information content (AvgIpc) is 2.73. The van der Waals surface area contributed by atoms with Gasteiger partial charge in [-0.05, 0) is 38.1 Å². The Hall–Kier alpha value is -1.81. The molecule has 0 aliphatic heterocycles. The summed E-state index contributed by atoms with van der Waals surface area (Å²) in [6.45, 7) is 5.29. The first-order valence-corrected chi connectivity index (χ1v) is 6.23. The lowest BCUT2D eigenvalue weighted by molar-refractivity contribution is 0.340. The molecule has 18 heavy (non-hydrogen) atoms. The van der Waals surface area contributed by atoms with Crippen LogP contribution in [0.5, 0.6) is 5.75 Å². The fourth-order valence-electron chi connectivity index (χ4n) is 2.06. The molecule has 3 N–H and O–H groups in total. The summed E-state index contributed by atoms with van der Waals surface area (Å²) in [5, 5.41) is 7.33. The highest BCUT2D eigenvalue weighted by Crippen LogP contribution is 2.27. The molecule has 4 nitrogen and oxygen atoms in total. The molecule has 0 saturated carbocycles. The number of aromatic amines is 1. The quantitative estimate of drug-likeness (QED) is 0.849. The van der Waals surface area contributed by atoms with Gasteiger partial charge in [0, 0.05) is 17.7 Å². The minimum Gasteiger partial charge on any atom is -0.494 e. The highest BCUT2D eigenvalue weighted by molar-refractivity contribution is 5.69. The van der Waals surface area contributed by atoms with E-state index >= 15 is 0 Å². The fourth-order valence-corrected chi connectivity index (χ4v) is 2.06. The van der Waals surface area contributed by atoms with E-state index in [2.05, 4.69) is 22.3 Å². The highest BCUT2D eigenvalue weighted by Gasteiger charge is 2.11. The number of ether oxygens (including phenoxy) is 1. The third-order valence-electron chi connectivity index (χ3n) is 2.86. The van der Waals surface area contributed by atoms with Crippen molar-refractivity contribution in [2.45, 2.75) is 20.3 Å². The lowest BCUT2D eigenvalue weighted by atomic mass is 10.0. The number of nitrogens with zero attached hydrogens (tertiary/aromatic N) is 1. The monoisotopic (exact) mass is 245 g/mol. The molecular weight excluding hydrogens is 226 g/mol. The lowest BCUT2D eigenvalue weighted by Crippen LogP contribution is -2.04. The van der Waals surface area contributed by atoms with Crippen LogP contribution in [0.15, 0.2) is 24.3 Å². The Kier molecular flexibility index (Phi) is 3.99. The van der Waals surface area contributed by atoms with Crippen LogP contribution in [0.3, 0.4) is 0 Å². The van der Waals surface area contributed by atoms with Crippen LogP contribution in [0, 0.1) is 6.92 Å². The van der Waals surface area contributed by atoms with Crippen LogP contribution >= 0.6 is 0 Å². The van der Waals surface area contributed by atoms with Gasteiger partial charge in [-0.3, -0.25) is 5.10 Å². The molecule has 0 spiro atoms. The number of hydrogen-bond donors (Lipinski definition) is 2. The summed E-state index contributed by atoms with van der Waals surface area (Å²) in [6, 6.07) is 8.08. The molecule has 1 heterocycles. The molecule has 0 saturated heterocycles. The third kappa shape index (κ3) is 2.54. The number of aromatic nitrogens is 2. The number of H-pyrrole nitrogens is 1. The van der Waals surface area contributed by atoms with Gasteiger partial charge in [-0.2, -0.15) is 5.10 Å². The molecule has 2 rings (SSSR count). The maximum atomic E-state index is 5.61. The predicted octanol–water partition coefficient (Wildman–Crippen LogP) is 2.29. The van der Waals surface area contributed by atoms with Crippen LogP contribution in [0.4, 0.5) is 0 Å². The van der Waals surface area contributed by atoms with Crippen molar-refractivity contribution >= 4 is 0 Å². The molecule has 96 valence electrons. The molecule has 0 aliphatic carbocycles. The zero-order chi connectivity index (χ0) is 13.0. The summed E-state index contributed by atoms with van der Waals surface area (Å²) in [5.74, 6) is 0.891. The summed E-state index contributed by atoms with van der Waals surface area (Å²) >= 11 is 0. The summed E-state index contributed by atoms with van der Waals surface area (Å²) in [5.41, 5.74) is 10.0. The van der Waals surface area contributed by atoms with E-state index in [1.807, 2.05) is 26.0 Å². The normalized spacial score (nSPS) is 10.6. The number of rotatable bonds is 5. The Morgan fingerprint density at radius 3 is 2.61 bits per heavy atom. The number of nitrogens with one attached hydrogen (secondary N) is 1. The SMILES string of the molecule is CCOc1ccc(-c2c(CCN)n[nH]c2C)cc1. The van der Waals surface area contributed by atoms with E-state index < -0.39 is 0 Å². The van der Waals surface area contributed by atoms with Crippen LogP contribution in [0.1, 0.15) is 18.3 Å². The van der Waals surface area contributed by atoms with Crippen LogP contribution in [-0.4, -0.2) is 23.3 Å². The average molecular weight is 245 g/mol. The summed E-state index contributed by atoms with van der Waals surface area (Å²) in [6.07, 6.45) is 0.785. The molecule has 0 atom stereocenters. The van der Waals surface area contributed by atoms with E-state index in [1.165, 1.54) is 0 Å². The van der Waals surface area contributed by atoms with Gasteiger partial charge in [-0.15, -0.1) is 0 Å². The molecule has 2 aromatic rings. The largest absolute Gasteiger partial charge is 0.494 e. The maximum Gasteiger partial charge on any atom is 0.119 e. The Labute approximate surface area is 107 Å². The van der Waals surface area contributed by atoms with Crippen LogP contribution in [0.25, 0.3) is 11.1 Å². The van der Waals surface area contributed by atoms with E-state index in [4.69, 9.17) is 10.5 Å². The number of aryl methyl sites for hydroxylation is 1. The van der Waals surface area contributed by atoms with Gasteiger partial charge in [0.2, 0.25) is 0 Å². The number of hydrogen-bond acceptors (Lipinski definition) is 3. The minimum atomic E-state index is 0.605. The van der Waals surface area contributed by atoms with Crippen molar-refractivity contribution < 1.29 is 4.74 Å². The lowest BCUT2D eigenvalue weighted by Gasteiger charge is -2.06. The van der Waals surface area contributed by atoms with Crippen molar-refractivity contribution in [2.24, 2.45) is 5.73 Å². The third-order valence-corrected chi connectivity index (χ3v) is 2.86. The second kappa shape index (κ2) is 5.69.